The van der Waals surface area contributed by atoms with Crippen molar-refractivity contribution in [1.29, 1.82) is 0 Å². The molecule has 31 heavy (non-hydrogen) atoms. The van der Waals surface area contributed by atoms with E-state index in [0.717, 1.165) is 49.5 Å². The summed E-state index contributed by atoms with van der Waals surface area (Å²) < 4.78 is 10.8. The van der Waals surface area contributed by atoms with E-state index in [1.165, 1.54) is 12.4 Å². The highest BCUT2D eigenvalue weighted by atomic mass is 35.5. The summed E-state index contributed by atoms with van der Waals surface area (Å²) in [4.78, 5) is 22.2. The van der Waals surface area contributed by atoms with Gasteiger partial charge >= 0.3 is 5.97 Å². The smallest absolute Gasteiger partial charge is 0.304 e. The number of carboxylic acid groups (broad SMARTS) is 1. The highest BCUT2D eigenvalue weighted by Gasteiger charge is 2.24. The average molecular weight is 449 g/mol. The van der Waals surface area contributed by atoms with Crippen LogP contribution in [-0.2, 0) is 14.3 Å². The number of rotatable bonds is 10. The van der Waals surface area contributed by atoms with E-state index in [0.29, 0.717) is 23.6 Å². The Labute approximate surface area is 187 Å². The Morgan fingerprint density at radius 1 is 1.35 bits per heavy atom. The summed E-state index contributed by atoms with van der Waals surface area (Å²) >= 11 is 5.93. The second-order valence-electron chi connectivity index (χ2n) is 7.51. The molecular weight excluding hydrogens is 420 g/mol. The second kappa shape index (κ2) is 11.3. The zero-order valence-corrected chi connectivity index (χ0v) is 18.6. The van der Waals surface area contributed by atoms with Crippen LogP contribution in [0.4, 0.5) is 17.3 Å². The Bertz CT molecular complexity index is 859. The van der Waals surface area contributed by atoms with Crippen LogP contribution in [0.2, 0.25) is 5.02 Å². The lowest BCUT2D eigenvalue weighted by atomic mass is 9.95. The summed E-state index contributed by atoms with van der Waals surface area (Å²) in [6.45, 7) is 4.77. The molecule has 9 heteroatoms. The molecule has 1 fully saturated rings. The molecule has 1 atom stereocenters. The van der Waals surface area contributed by atoms with Crippen LogP contribution >= 0.6 is 11.6 Å². The number of carboxylic acids is 1. The minimum Gasteiger partial charge on any atom is -0.481 e. The topological polar surface area (TPSA) is 96.8 Å². The van der Waals surface area contributed by atoms with Crippen LogP contribution in [0.25, 0.3) is 0 Å². The summed E-state index contributed by atoms with van der Waals surface area (Å²) in [6.07, 6.45) is 4.97. The van der Waals surface area contributed by atoms with Crippen molar-refractivity contribution in [3.8, 4) is 0 Å². The molecule has 0 spiro atoms. The molecule has 1 saturated heterocycles. The molecule has 0 amide bonds. The predicted molar refractivity (Wildman–Crippen MR) is 120 cm³/mol. The quantitative estimate of drug-likeness (QED) is 0.561. The van der Waals surface area contributed by atoms with Gasteiger partial charge in [0.25, 0.3) is 0 Å². The molecule has 1 aliphatic rings. The third-order valence-electron chi connectivity index (χ3n) is 5.43. The number of aliphatic carboxylic acids is 1. The largest absolute Gasteiger partial charge is 0.481 e. The van der Waals surface area contributed by atoms with Crippen LogP contribution in [0.15, 0.2) is 30.6 Å². The number of hydrogen-bond acceptors (Lipinski definition) is 7. The molecule has 0 radical (unpaired) electrons. The first-order chi connectivity index (χ1) is 15.0. The molecule has 1 aliphatic heterocycles. The van der Waals surface area contributed by atoms with Gasteiger partial charge in [-0.2, -0.15) is 0 Å². The fourth-order valence-corrected chi connectivity index (χ4v) is 4.06. The van der Waals surface area contributed by atoms with Gasteiger partial charge in [-0.05, 0) is 37.5 Å². The molecule has 2 N–H and O–H groups in total. The molecule has 0 aliphatic carbocycles. The van der Waals surface area contributed by atoms with Crippen LogP contribution in [0, 0.1) is 0 Å². The Morgan fingerprint density at radius 2 is 2.06 bits per heavy atom. The van der Waals surface area contributed by atoms with Gasteiger partial charge in [0, 0.05) is 38.8 Å². The number of hydrogen-bond donors (Lipinski definition) is 2. The average Bonchev–Trinajstić information content (AvgIpc) is 2.77. The van der Waals surface area contributed by atoms with Crippen molar-refractivity contribution < 1.29 is 19.4 Å². The van der Waals surface area contributed by atoms with E-state index in [4.69, 9.17) is 21.1 Å². The highest BCUT2D eigenvalue weighted by Crippen LogP contribution is 2.35. The first-order valence-corrected chi connectivity index (χ1v) is 10.8. The Hall–Kier alpha value is -2.42. The maximum absolute atomic E-state index is 11.4. The van der Waals surface area contributed by atoms with Gasteiger partial charge in [-0.1, -0.05) is 17.7 Å². The van der Waals surface area contributed by atoms with E-state index in [1.54, 1.807) is 7.11 Å². The fourth-order valence-electron chi connectivity index (χ4n) is 3.96. The molecular formula is C22H29ClN4O4. The number of carbonyl (C=O) groups is 1. The molecule has 168 valence electrons. The lowest BCUT2D eigenvalue weighted by molar-refractivity contribution is -0.137. The number of methoxy groups -OCH3 is 1. The highest BCUT2D eigenvalue weighted by molar-refractivity contribution is 6.30. The monoisotopic (exact) mass is 448 g/mol. The number of nitrogens with one attached hydrogen (secondary N) is 1. The zero-order valence-electron chi connectivity index (χ0n) is 17.9. The second-order valence-corrected chi connectivity index (χ2v) is 7.94. The van der Waals surface area contributed by atoms with Crippen molar-refractivity contribution in [1.82, 2.24) is 9.97 Å². The van der Waals surface area contributed by atoms with Crippen LogP contribution in [-0.4, -0.2) is 60.6 Å². The SMILES string of the molecule is CCN(c1ccc([C@@H](COC)CC(=O)O)cc1Nc1ncc(Cl)cn1)C1CCOCC1. The number of anilines is 3. The van der Waals surface area contributed by atoms with Crippen LogP contribution < -0.4 is 10.2 Å². The molecule has 3 rings (SSSR count). The third-order valence-corrected chi connectivity index (χ3v) is 5.62. The van der Waals surface area contributed by atoms with Crippen molar-refractivity contribution >= 4 is 34.9 Å². The lowest BCUT2D eigenvalue weighted by Gasteiger charge is -2.36. The number of nitrogens with zero attached hydrogens (tertiary/aromatic N) is 3. The Kier molecular flexibility index (Phi) is 8.45. The summed E-state index contributed by atoms with van der Waals surface area (Å²) in [5.41, 5.74) is 2.72. The van der Waals surface area contributed by atoms with E-state index in [1.807, 2.05) is 18.2 Å². The van der Waals surface area contributed by atoms with Crippen molar-refractivity contribution in [3.63, 3.8) is 0 Å². The van der Waals surface area contributed by atoms with Gasteiger partial charge in [-0.3, -0.25) is 4.79 Å². The molecule has 2 heterocycles. The van der Waals surface area contributed by atoms with Gasteiger partial charge in [0.2, 0.25) is 5.95 Å². The van der Waals surface area contributed by atoms with E-state index >= 15 is 0 Å². The van der Waals surface area contributed by atoms with Crippen molar-refractivity contribution in [2.45, 2.75) is 38.1 Å². The normalized spacial score (nSPS) is 15.5. The molecule has 0 unspecified atom stereocenters. The van der Waals surface area contributed by atoms with Gasteiger partial charge in [0.15, 0.2) is 0 Å². The summed E-state index contributed by atoms with van der Waals surface area (Å²) in [7, 11) is 1.58. The molecule has 8 nitrogen and oxygen atoms in total. The first-order valence-electron chi connectivity index (χ1n) is 10.5. The van der Waals surface area contributed by atoms with Gasteiger partial charge in [0.1, 0.15) is 0 Å². The Balaban J connectivity index is 1.99. The Morgan fingerprint density at radius 3 is 2.68 bits per heavy atom. The maximum Gasteiger partial charge on any atom is 0.304 e. The van der Waals surface area contributed by atoms with Crippen LogP contribution in [0.5, 0.6) is 0 Å². The van der Waals surface area contributed by atoms with Gasteiger partial charge < -0.3 is 24.8 Å². The number of benzene rings is 1. The lowest BCUT2D eigenvalue weighted by Crippen LogP contribution is -2.39. The number of aromatic nitrogens is 2. The van der Waals surface area contributed by atoms with Gasteiger partial charge in [-0.15, -0.1) is 0 Å². The van der Waals surface area contributed by atoms with Crippen LogP contribution in [0.1, 0.15) is 37.7 Å². The minimum absolute atomic E-state index is 0.0124. The van der Waals surface area contributed by atoms with Crippen molar-refractivity contribution in [2.24, 2.45) is 0 Å². The zero-order chi connectivity index (χ0) is 22.2. The van der Waals surface area contributed by atoms with Crippen LogP contribution in [0.3, 0.4) is 0 Å². The van der Waals surface area contributed by atoms with E-state index < -0.39 is 5.97 Å². The third kappa shape index (κ3) is 6.29. The van der Waals surface area contributed by atoms with E-state index in [-0.39, 0.29) is 12.3 Å². The van der Waals surface area contributed by atoms with E-state index in [9.17, 15) is 9.90 Å². The van der Waals surface area contributed by atoms with E-state index in [2.05, 4.69) is 27.1 Å². The summed E-state index contributed by atoms with van der Waals surface area (Å²) in [5, 5.41) is 13.1. The first kappa shape index (κ1) is 23.2. The number of halogens is 1. The van der Waals surface area contributed by atoms with Gasteiger partial charge in [-0.25, -0.2) is 9.97 Å². The van der Waals surface area contributed by atoms with Gasteiger partial charge in [0.05, 0.1) is 41.8 Å². The van der Waals surface area contributed by atoms with Crippen molar-refractivity contribution in [2.75, 3.05) is 43.7 Å². The summed E-state index contributed by atoms with van der Waals surface area (Å²) in [5.74, 6) is -0.701. The molecule has 0 saturated carbocycles. The molecule has 0 bridgehead atoms. The standard InChI is InChI=1S/C22H29ClN4O4/c1-3-27(18-6-8-31-9-7-18)20-5-4-15(16(14-30-2)11-21(28)29)10-19(20)26-22-24-12-17(23)13-25-22/h4-5,10,12-13,16,18H,3,6-9,11,14H2,1-2H3,(H,28,29)(H,24,25,26)/t16-/m1/s1. The number of ether oxygens (including phenoxy) is 2. The fraction of sp³-hybridized carbons (Fsp3) is 0.500. The molecule has 2 aromatic rings. The molecule has 1 aromatic heterocycles. The van der Waals surface area contributed by atoms with Crippen molar-refractivity contribution in [3.05, 3.63) is 41.2 Å². The minimum atomic E-state index is -0.862. The molecule has 1 aromatic carbocycles. The predicted octanol–water partition coefficient (Wildman–Crippen LogP) is 4.08. The maximum atomic E-state index is 11.4. The summed E-state index contributed by atoms with van der Waals surface area (Å²) in [6, 6.07) is 6.36.